The molecule has 3 aromatic rings. The molecule has 0 aliphatic carbocycles. The van der Waals surface area contributed by atoms with Gasteiger partial charge in [-0.3, -0.25) is 5.32 Å². The van der Waals surface area contributed by atoms with Gasteiger partial charge in [0.05, 0.1) is 17.3 Å². The summed E-state index contributed by atoms with van der Waals surface area (Å²) in [6.07, 6.45) is 1.58. The maximum absolute atomic E-state index is 12.5. The number of nitrogens with one attached hydrogen (secondary N) is 3. The van der Waals surface area contributed by atoms with Crippen LogP contribution in [0.1, 0.15) is 6.92 Å². The quantitative estimate of drug-likeness (QED) is 0.441. The fraction of sp³-hybridized carbons (Fsp3) is 0.240. The summed E-state index contributed by atoms with van der Waals surface area (Å²) in [4.78, 5) is 33.0. The summed E-state index contributed by atoms with van der Waals surface area (Å²) in [7, 11) is 0. The van der Waals surface area contributed by atoms with E-state index in [4.69, 9.17) is 16.3 Å². The minimum absolute atomic E-state index is 0.221. The van der Waals surface area contributed by atoms with Crippen molar-refractivity contribution < 1.29 is 14.3 Å². The fourth-order valence-corrected chi connectivity index (χ4v) is 3.89. The highest BCUT2D eigenvalue weighted by molar-refractivity contribution is 6.33. The van der Waals surface area contributed by atoms with Crippen molar-refractivity contribution in [3.05, 3.63) is 71.9 Å². The number of ether oxygens (including phenoxy) is 1. The zero-order valence-electron chi connectivity index (χ0n) is 19.3. The van der Waals surface area contributed by atoms with E-state index >= 15 is 0 Å². The summed E-state index contributed by atoms with van der Waals surface area (Å²) in [5.74, 6) is 0.978. The van der Waals surface area contributed by atoms with E-state index in [1.54, 1.807) is 29.3 Å². The van der Waals surface area contributed by atoms with E-state index in [0.29, 0.717) is 60.8 Å². The van der Waals surface area contributed by atoms with Gasteiger partial charge >= 0.3 is 12.1 Å². The van der Waals surface area contributed by atoms with Gasteiger partial charge in [-0.25, -0.2) is 14.6 Å². The van der Waals surface area contributed by atoms with Gasteiger partial charge in [-0.05, 0) is 55.5 Å². The molecular weight excluding hydrogens is 468 g/mol. The Labute approximate surface area is 209 Å². The number of hydrogen-bond donors (Lipinski definition) is 3. The lowest BCUT2D eigenvalue weighted by molar-refractivity contribution is 0.208. The number of benzene rings is 2. The molecule has 1 aliphatic heterocycles. The van der Waals surface area contributed by atoms with E-state index in [1.165, 1.54) is 0 Å². The second-order valence-electron chi connectivity index (χ2n) is 7.79. The van der Waals surface area contributed by atoms with E-state index in [1.807, 2.05) is 49.4 Å². The van der Waals surface area contributed by atoms with Crippen LogP contribution in [0.3, 0.4) is 0 Å². The molecular formula is C25H27ClN6O3. The SMILES string of the molecule is CCOc1ccccc1NC(=O)Nc1ccc(N2CCN(C(=O)Nc3ncccc3Cl)CC2)cc1. The highest BCUT2D eigenvalue weighted by Gasteiger charge is 2.22. The minimum atomic E-state index is -0.350. The molecule has 35 heavy (non-hydrogen) atoms. The first-order chi connectivity index (χ1) is 17.0. The van der Waals surface area contributed by atoms with E-state index in [-0.39, 0.29) is 12.1 Å². The molecule has 1 aromatic heterocycles. The third-order valence-electron chi connectivity index (χ3n) is 5.48. The second-order valence-corrected chi connectivity index (χ2v) is 8.20. The first-order valence-electron chi connectivity index (χ1n) is 11.3. The van der Waals surface area contributed by atoms with E-state index < -0.39 is 0 Å². The van der Waals surface area contributed by atoms with Crippen molar-refractivity contribution >= 4 is 46.5 Å². The first-order valence-corrected chi connectivity index (χ1v) is 11.7. The molecule has 1 saturated heterocycles. The molecule has 1 fully saturated rings. The Bertz CT molecular complexity index is 1170. The summed E-state index contributed by atoms with van der Waals surface area (Å²) in [5, 5.41) is 8.82. The molecule has 4 amide bonds. The monoisotopic (exact) mass is 494 g/mol. The average molecular weight is 495 g/mol. The van der Waals surface area contributed by atoms with Crippen molar-refractivity contribution in [3.63, 3.8) is 0 Å². The fourth-order valence-electron chi connectivity index (χ4n) is 3.72. The molecule has 0 atom stereocenters. The number of rotatable bonds is 6. The molecule has 9 nitrogen and oxygen atoms in total. The van der Waals surface area contributed by atoms with E-state index in [9.17, 15) is 9.59 Å². The van der Waals surface area contributed by atoms with Crippen LogP contribution in [0.5, 0.6) is 5.75 Å². The number of para-hydroxylation sites is 2. The Morgan fingerprint density at radius 1 is 0.943 bits per heavy atom. The maximum atomic E-state index is 12.5. The third kappa shape index (κ3) is 6.33. The molecule has 0 saturated carbocycles. The zero-order chi connectivity index (χ0) is 24.6. The number of urea groups is 2. The van der Waals surface area contributed by atoms with Crippen molar-refractivity contribution in [1.29, 1.82) is 0 Å². The van der Waals surface area contributed by atoms with Crippen LogP contribution >= 0.6 is 11.6 Å². The number of aromatic nitrogens is 1. The van der Waals surface area contributed by atoms with Crippen LogP contribution in [0.4, 0.5) is 32.5 Å². The van der Waals surface area contributed by atoms with Crippen LogP contribution in [0.25, 0.3) is 0 Å². The topological polar surface area (TPSA) is 98.8 Å². The number of nitrogens with zero attached hydrogens (tertiary/aromatic N) is 3. The normalized spacial score (nSPS) is 13.2. The van der Waals surface area contributed by atoms with E-state index in [2.05, 4.69) is 25.8 Å². The Morgan fingerprint density at radius 2 is 1.69 bits per heavy atom. The molecule has 0 bridgehead atoms. The van der Waals surface area contributed by atoms with Crippen LogP contribution in [-0.4, -0.2) is 54.7 Å². The van der Waals surface area contributed by atoms with Crippen LogP contribution in [0, 0.1) is 0 Å². The second kappa shape index (κ2) is 11.4. The van der Waals surface area contributed by atoms with Crippen LogP contribution in [-0.2, 0) is 0 Å². The molecule has 4 rings (SSSR count). The number of pyridine rings is 1. The summed E-state index contributed by atoms with van der Waals surface area (Å²) < 4.78 is 5.54. The number of halogens is 1. The highest BCUT2D eigenvalue weighted by atomic mass is 35.5. The lowest BCUT2D eigenvalue weighted by Crippen LogP contribution is -2.50. The summed E-state index contributed by atoms with van der Waals surface area (Å²) in [6.45, 7) is 4.91. The predicted molar refractivity (Wildman–Crippen MR) is 139 cm³/mol. The average Bonchev–Trinajstić information content (AvgIpc) is 2.87. The maximum Gasteiger partial charge on any atom is 0.323 e. The van der Waals surface area contributed by atoms with Crippen molar-refractivity contribution in [3.8, 4) is 5.75 Å². The summed E-state index contributed by atoms with van der Waals surface area (Å²) >= 11 is 6.08. The van der Waals surface area contributed by atoms with Crippen molar-refractivity contribution in [2.45, 2.75) is 6.92 Å². The molecule has 2 heterocycles. The Balaban J connectivity index is 1.27. The predicted octanol–water partition coefficient (Wildman–Crippen LogP) is 5.13. The smallest absolute Gasteiger partial charge is 0.323 e. The van der Waals surface area contributed by atoms with Crippen molar-refractivity contribution in [1.82, 2.24) is 9.88 Å². The minimum Gasteiger partial charge on any atom is -0.492 e. The van der Waals surface area contributed by atoms with Gasteiger partial charge in [-0.15, -0.1) is 0 Å². The Hall–Kier alpha value is -3.98. The van der Waals surface area contributed by atoms with Gasteiger partial charge in [0.15, 0.2) is 5.82 Å². The number of hydrogen-bond acceptors (Lipinski definition) is 5. The number of piperazine rings is 1. The van der Waals surface area contributed by atoms with Gasteiger partial charge in [-0.2, -0.15) is 0 Å². The van der Waals surface area contributed by atoms with Gasteiger partial charge in [0.1, 0.15) is 5.75 Å². The number of carbonyl (C=O) groups excluding carboxylic acids is 2. The number of amides is 4. The molecule has 0 radical (unpaired) electrons. The van der Waals surface area contributed by atoms with Gasteiger partial charge in [0, 0.05) is 43.8 Å². The molecule has 0 unspecified atom stereocenters. The van der Waals surface area contributed by atoms with Crippen LogP contribution in [0.15, 0.2) is 66.9 Å². The van der Waals surface area contributed by atoms with Gasteiger partial charge in [-0.1, -0.05) is 23.7 Å². The molecule has 10 heteroatoms. The lowest BCUT2D eigenvalue weighted by Gasteiger charge is -2.36. The summed E-state index contributed by atoms with van der Waals surface area (Å²) in [6, 6.07) is 17.7. The molecule has 3 N–H and O–H groups in total. The molecule has 182 valence electrons. The lowest BCUT2D eigenvalue weighted by atomic mass is 10.2. The Morgan fingerprint density at radius 3 is 2.40 bits per heavy atom. The molecule has 1 aliphatic rings. The van der Waals surface area contributed by atoms with Gasteiger partial charge in [0.2, 0.25) is 0 Å². The van der Waals surface area contributed by atoms with Gasteiger partial charge in [0.25, 0.3) is 0 Å². The number of carbonyl (C=O) groups is 2. The van der Waals surface area contributed by atoms with E-state index in [0.717, 1.165) is 5.69 Å². The van der Waals surface area contributed by atoms with Crippen molar-refractivity contribution in [2.24, 2.45) is 0 Å². The van der Waals surface area contributed by atoms with Crippen LogP contribution in [0.2, 0.25) is 5.02 Å². The number of anilines is 4. The molecule has 0 spiro atoms. The third-order valence-corrected chi connectivity index (χ3v) is 5.78. The standard InChI is InChI=1S/C25H27ClN6O3/c1-2-35-22-8-4-3-7-21(22)29-24(33)28-18-9-11-19(12-10-18)31-14-16-32(17-15-31)25(34)30-23-20(26)6-5-13-27-23/h3-13H,2,14-17H2,1H3,(H,27,30,34)(H2,28,29,33). The molecule has 2 aromatic carbocycles. The Kier molecular flexibility index (Phi) is 7.89. The largest absolute Gasteiger partial charge is 0.492 e. The van der Waals surface area contributed by atoms with Crippen LogP contribution < -0.4 is 25.6 Å². The zero-order valence-corrected chi connectivity index (χ0v) is 20.1. The van der Waals surface area contributed by atoms with Crippen molar-refractivity contribution in [2.75, 3.05) is 53.6 Å². The summed E-state index contributed by atoms with van der Waals surface area (Å²) in [5.41, 5.74) is 2.30. The first kappa shape index (κ1) is 24.2. The van der Waals surface area contributed by atoms with Gasteiger partial charge < -0.3 is 25.2 Å². The highest BCUT2D eigenvalue weighted by Crippen LogP contribution is 2.25.